The van der Waals surface area contributed by atoms with Crippen molar-refractivity contribution < 1.29 is 9.53 Å². The van der Waals surface area contributed by atoms with Crippen molar-refractivity contribution in [3.8, 4) is 5.75 Å². The minimum absolute atomic E-state index is 0.0594. The number of ether oxygens (including phenoxy) is 1. The summed E-state index contributed by atoms with van der Waals surface area (Å²) < 4.78 is 8.06. The maximum Gasteiger partial charge on any atom is 0.312 e. The van der Waals surface area contributed by atoms with Gasteiger partial charge in [-0.3, -0.25) is 14.2 Å². The van der Waals surface area contributed by atoms with Crippen molar-refractivity contribution in [2.24, 2.45) is 0 Å². The van der Waals surface area contributed by atoms with Gasteiger partial charge in [-0.2, -0.15) is 0 Å². The molecular weight excluding hydrogens is 298 g/mol. The van der Waals surface area contributed by atoms with Gasteiger partial charge in [0.1, 0.15) is 12.1 Å². The molecule has 0 aliphatic heterocycles. The Labute approximate surface area is 131 Å². The Bertz CT molecular complexity index is 885. The molecule has 3 rings (SSSR count). The highest BCUT2D eigenvalue weighted by Crippen LogP contribution is 2.09. The van der Waals surface area contributed by atoms with Gasteiger partial charge in [-0.05, 0) is 19.1 Å². The second-order valence-electron chi connectivity index (χ2n) is 4.86. The number of rotatable bonds is 5. The van der Waals surface area contributed by atoms with Crippen LogP contribution in [0.5, 0.6) is 5.75 Å². The molecule has 0 spiro atoms. The summed E-state index contributed by atoms with van der Waals surface area (Å²) in [4.78, 5) is 28.3. The maximum atomic E-state index is 12.3. The minimum atomic E-state index is -0.416. The third-order valence-electron chi connectivity index (χ3n) is 3.32. The van der Waals surface area contributed by atoms with Gasteiger partial charge in [-0.1, -0.05) is 23.4 Å². The standard InChI is InChI=1S/C15H15N5O3/c1-2-20-14-13(17-18-20)15(22)19(10-16-14)9-8-12(21)23-11-6-4-3-5-7-11/h3-7,10H,2,8-9H2,1H3. The zero-order valence-electron chi connectivity index (χ0n) is 12.5. The summed E-state index contributed by atoms with van der Waals surface area (Å²) in [6, 6.07) is 8.78. The average molecular weight is 313 g/mol. The third kappa shape index (κ3) is 3.10. The van der Waals surface area contributed by atoms with Crippen LogP contribution in [0.2, 0.25) is 0 Å². The highest BCUT2D eigenvalue weighted by atomic mass is 16.5. The Kier molecular flexibility index (Phi) is 4.13. The molecule has 0 saturated heterocycles. The SMILES string of the molecule is CCn1nnc2c(=O)n(CCC(=O)Oc3ccccc3)cnc21. The van der Waals surface area contributed by atoms with Gasteiger partial charge in [-0.15, -0.1) is 5.10 Å². The van der Waals surface area contributed by atoms with E-state index < -0.39 is 5.97 Å². The smallest absolute Gasteiger partial charge is 0.312 e. The van der Waals surface area contributed by atoms with Crippen LogP contribution in [0.1, 0.15) is 13.3 Å². The molecule has 0 N–H and O–H groups in total. The predicted molar refractivity (Wildman–Crippen MR) is 82.0 cm³/mol. The van der Waals surface area contributed by atoms with Crippen LogP contribution in [0.15, 0.2) is 41.5 Å². The van der Waals surface area contributed by atoms with E-state index in [9.17, 15) is 9.59 Å². The lowest BCUT2D eigenvalue weighted by molar-refractivity contribution is -0.134. The fourth-order valence-electron chi connectivity index (χ4n) is 2.14. The highest BCUT2D eigenvalue weighted by molar-refractivity contribution is 5.72. The third-order valence-corrected chi connectivity index (χ3v) is 3.32. The zero-order chi connectivity index (χ0) is 16.2. The number of carbonyl (C=O) groups excluding carboxylic acids is 1. The molecule has 8 nitrogen and oxygen atoms in total. The second kappa shape index (κ2) is 6.39. The minimum Gasteiger partial charge on any atom is -0.426 e. The molecule has 23 heavy (non-hydrogen) atoms. The molecule has 0 amide bonds. The molecule has 0 unspecified atom stereocenters. The number of carbonyl (C=O) groups is 1. The van der Waals surface area contributed by atoms with E-state index in [1.54, 1.807) is 28.9 Å². The molecule has 1 aromatic carbocycles. The first kappa shape index (κ1) is 14.9. The molecular formula is C15H15N5O3. The summed E-state index contributed by atoms with van der Waals surface area (Å²) in [6.45, 7) is 2.64. The molecule has 8 heteroatoms. The summed E-state index contributed by atoms with van der Waals surface area (Å²) in [6.07, 6.45) is 1.46. The lowest BCUT2D eigenvalue weighted by Gasteiger charge is -2.06. The summed E-state index contributed by atoms with van der Waals surface area (Å²) in [7, 11) is 0. The molecule has 0 bridgehead atoms. The number of fused-ring (bicyclic) bond motifs is 1. The first-order valence-electron chi connectivity index (χ1n) is 7.23. The van der Waals surface area contributed by atoms with Gasteiger partial charge < -0.3 is 4.74 Å². The van der Waals surface area contributed by atoms with E-state index in [2.05, 4.69) is 15.3 Å². The van der Waals surface area contributed by atoms with E-state index in [0.717, 1.165) is 0 Å². The Hall–Kier alpha value is -3.03. The van der Waals surface area contributed by atoms with Crippen LogP contribution >= 0.6 is 0 Å². The Morgan fingerprint density at radius 1 is 1.26 bits per heavy atom. The van der Waals surface area contributed by atoms with Crippen molar-refractivity contribution in [3.05, 3.63) is 47.0 Å². The van der Waals surface area contributed by atoms with Gasteiger partial charge in [0.05, 0.1) is 6.42 Å². The molecule has 0 aliphatic rings. The maximum absolute atomic E-state index is 12.3. The second-order valence-corrected chi connectivity index (χ2v) is 4.86. The van der Waals surface area contributed by atoms with E-state index in [1.807, 2.05) is 13.0 Å². The van der Waals surface area contributed by atoms with Crippen molar-refractivity contribution in [3.63, 3.8) is 0 Å². The number of hydrogen-bond acceptors (Lipinski definition) is 6. The van der Waals surface area contributed by atoms with Gasteiger partial charge in [0.15, 0.2) is 11.2 Å². The van der Waals surface area contributed by atoms with Gasteiger partial charge >= 0.3 is 5.97 Å². The highest BCUT2D eigenvalue weighted by Gasteiger charge is 2.12. The van der Waals surface area contributed by atoms with E-state index in [-0.39, 0.29) is 24.0 Å². The Morgan fingerprint density at radius 3 is 2.78 bits per heavy atom. The van der Waals surface area contributed by atoms with Crippen molar-refractivity contribution in [2.75, 3.05) is 0 Å². The number of benzene rings is 1. The van der Waals surface area contributed by atoms with Gasteiger partial charge in [0.2, 0.25) is 0 Å². The molecule has 2 heterocycles. The van der Waals surface area contributed by atoms with Crippen LogP contribution in [0, 0.1) is 0 Å². The van der Waals surface area contributed by atoms with E-state index in [4.69, 9.17) is 4.74 Å². The molecule has 0 radical (unpaired) electrons. The summed E-state index contributed by atoms with van der Waals surface area (Å²) in [5.41, 5.74) is 0.327. The Morgan fingerprint density at radius 2 is 2.04 bits per heavy atom. The number of nitrogens with zero attached hydrogens (tertiary/aromatic N) is 5. The van der Waals surface area contributed by atoms with Crippen LogP contribution in [0.4, 0.5) is 0 Å². The fourth-order valence-corrected chi connectivity index (χ4v) is 2.14. The first-order valence-corrected chi connectivity index (χ1v) is 7.23. The fraction of sp³-hybridized carbons (Fsp3) is 0.267. The van der Waals surface area contributed by atoms with Crippen molar-refractivity contribution in [1.82, 2.24) is 24.5 Å². The Balaban J connectivity index is 1.71. The molecule has 0 atom stereocenters. The first-order chi connectivity index (χ1) is 11.2. The van der Waals surface area contributed by atoms with Crippen molar-refractivity contribution in [2.45, 2.75) is 26.4 Å². The quantitative estimate of drug-likeness (QED) is 0.515. The van der Waals surface area contributed by atoms with Crippen LogP contribution in [-0.2, 0) is 17.9 Å². The van der Waals surface area contributed by atoms with Crippen LogP contribution in [0.25, 0.3) is 11.2 Å². The van der Waals surface area contributed by atoms with Crippen LogP contribution < -0.4 is 10.3 Å². The lowest BCUT2D eigenvalue weighted by Crippen LogP contribution is -2.23. The summed E-state index contributed by atoms with van der Waals surface area (Å²) in [5, 5.41) is 7.71. The summed E-state index contributed by atoms with van der Waals surface area (Å²) in [5.74, 6) is 0.0599. The van der Waals surface area contributed by atoms with Gasteiger partial charge in [0, 0.05) is 13.1 Å². The van der Waals surface area contributed by atoms with Gasteiger partial charge in [0.25, 0.3) is 5.56 Å². The van der Waals surface area contributed by atoms with Crippen LogP contribution in [-0.4, -0.2) is 30.5 Å². The zero-order valence-corrected chi connectivity index (χ0v) is 12.5. The summed E-state index contributed by atoms with van der Waals surface area (Å²) >= 11 is 0. The molecule has 2 aromatic heterocycles. The topological polar surface area (TPSA) is 91.9 Å². The van der Waals surface area contributed by atoms with Crippen LogP contribution in [0.3, 0.4) is 0 Å². The number of esters is 1. The number of hydrogen-bond donors (Lipinski definition) is 0. The number of para-hydroxylation sites is 1. The molecule has 0 fully saturated rings. The molecule has 3 aromatic rings. The van der Waals surface area contributed by atoms with Gasteiger partial charge in [-0.25, -0.2) is 9.67 Å². The van der Waals surface area contributed by atoms with Crippen molar-refractivity contribution in [1.29, 1.82) is 0 Å². The number of aromatic nitrogens is 5. The van der Waals surface area contributed by atoms with E-state index in [0.29, 0.717) is 17.9 Å². The predicted octanol–water partition coefficient (Wildman–Crippen LogP) is 1.00. The normalized spacial score (nSPS) is 10.8. The molecule has 0 aliphatic carbocycles. The average Bonchev–Trinajstić information content (AvgIpc) is 2.99. The van der Waals surface area contributed by atoms with E-state index >= 15 is 0 Å². The van der Waals surface area contributed by atoms with E-state index in [1.165, 1.54) is 10.9 Å². The number of aryl methyl sites for hydroxylation is 2. The largest absolute Gasteiger partial charge is 0.426 e. The monoisotopic (exact) mass is 313 g/mol. The lowest BCUT2D eigenvalue weighted by atomic mass is 10.3. The molecule has 0 saturated carbocycles. The molecule has 118 valence electrons. The van der Waals surface area contributed by atoms with Crippen molar-refractivity contribution >= 4 is 17.1 Å².